The van der Waals surface area contributed by atoms with Crippen LogP contribution in [-0.2, 0) is 0 Å². The van der Waals surface area contributed by atoms with Crippen molar-refractivity contribution in [2.75, 3.05) is 0 Å². The maximum absolute atomic E-state index is 2.30. The summed E-state index contributed by atoms with van der Waals surface area (Å²) in [7, 11) is 0. The monoisotopic (exact) mass is 122 g/mol. The van der Waals surface area contributed by atoms with E-state index in [0.717, 1.165) is 11.8 Å². The van der Waals surface area contributed by atoms with Gasteiger partial charge in [-0.2, -0.15) is 0 Å². The number of rotatable bonds is 1. The second-order valence-electron chi connectivity index (χ2n) is 2.96. The Labute approximate surface area is 57.3 Å². The Morgan fingerprint density at radius 2 is 2.11 bits per heavy atom. The smallest absolute Gasteiger partial charge is 0.0173 e. The van der Waals surface area contributed by atoms with Crippen molar-refractivity contribution in [3.05, 3.63) is 24.3 Å². The van der Waals surface area contributed by atoms with Gasteiger partial charge in [0.2, 0.25) is 0 Å². The molecule has 0 aromatic rings. The highest BCUT2D eigenvalue weighted by atomic mass is 14.1. The van der Waals surface area contributed by atoms with Crippen molar-refractivity contribution < 1.29 is 0 Å². The Morgan fingerprint density at radius 3 is 2.44 bits per heavy atom. The molecule has 0 fully saturated rings. The molecule has 0 aliphatic heterocycles. The van der Waals surface area contributed by atoms with E-state index in [1.807, 2.05) is 0 Å². The lowest BCUT2D eigenvalue weighted by atomic mass is 9.90. The van der Waals surface area contributed by atoms with Gasteiger partial charge in [-0.25, -0.2) is 0 Å². The quantitative estimate of drug-likeness (QED) is 0.501. The first-order valence-electron chi connectivity index (χ1n) is 3.64. The van der Waals surface area contributed by atoms with Crippen molar-refractivity contribution in [2.24, 2.45) is 11.8 Å². The molecule has 0 bridgehead atoms. The fraction of sp³-hybridized carbons (Fsp3) is 0.556. The average molecular weight is 122 g/mol. The molecule has 0 spiro atoms. The van der Waals surface area contributed by atoms with Crippen LogP contribution in [0.3, 0.4) is 0 Å². The molecule has 0 saturated carbocycles. The molecule has 1 atom stereocenters. The molecule has 0 nitrogen and oxygen atoms in total. The van der Waals surface area contributed by atoms with Crippen molar-refractivity contribution in [1.29, 1.82) is 0 Å². The third-order valence-corrected chi connectivity index (χ3v) is 1.87. The second kappa shape index (κ2) is 2.86. The van der Waals surface area contributed by atoms with Gasteiger partial charge < -0.3 is 0 Å². The van der Waals surface area contributed by atoms with Crippen LogP contribution in [0, 0.1) is 11.8 Å². The Balaban J connectivity index is 2.46. The minimum Gasteiger partial charge on any atom is -0.0840 e. The minimum absolute atomic E-state index is 0.787. The standard InChI is InChI=1S/C9H14/c1-8(2)9-6-4-3-5-7-9/h3-6,8-9H,7H2,1-2H3. The van der Waals surface area contributed by atoms with Crippen LogP contribution >= 0.6 is 0 Å². The van der Waals surface area contributed by atoms with Crippen LogP contribution in [0.25, 0.3) is 0 Å². The number of allylic oxidation sites excluding steroid dienone is 4. The lowest BCUT2D eigenvalue weighted by molar-refractivity contribution is 0.467. The summed E-state index contributed by atoms with van der Waals surface area (Å²) in [5.74, 6) is 1.58. The molecule has 0 saturated heterocycles. The zero-order chi connectivity index (χ0) is 6.69. The molecule has 1 unspecified atom stereocenters. The van der Waals surface area contributed by atoms with E-state index in [2.05, 4.69) is 38.2 Å². The highest BCUT2D eigenvalue weighted by molar-refractivity contribution is 5.11. The normalized spacial score (nSPS) is 25.4. The molecular formula is C9H14. The maximum Gasteiger partial charge on any atom is -0.0173 e. The van der Waals surface area contributed by atoms with Gasteiger partial charge in [-0.3, -0.25) is 0 Å². The fourth-order valence-electron chi connectivity index (χ4n) is 1.09. The Morgan fingerprint density at radius 1 is 1.33 bits per heavy atom. The summed E-state index contributed by atoms with van der Waals surface area (Å²) in [6, 6.07) is 0. The second-order valence-corrected chi connectivity index (χ2v) is 2.96. The molecule has 0 heteroatoms. The largest absolute Gasteiger partial charge is 0.0840 e. The predicted octanol–water partition coefficient (Wildman–Crippen LogP) is 2.77. The number of hydrogen-bond donors (Lipinski definition) is 0. The Bertz CT molecular complexity index is 129. The molecule has 0 aromatic heterocycles. The van der Waals surface area contributed by atoms with E-state index in [9.17, 15) is 0 Å². The Hall–Kier alpha value is -0.520. The van der Waals surface area contributed by atoms with Gasteiger partial charge in [0, 0.05) is 0 Å². The van der Waals surface area contributed by atoms with E-state index in [4.69, 9.17) is 0 Å². The molecule has 50 valence electrons. The summed E-state index contributed by atoms with van der Waals surface area (Å²) in [5.41, 5.74) is 0. The highest BCUT2D eigenvalue weighted by Gasteiger charge is 2.08. The van der Waals surface area contributed by atoms with Crippen molar-refractivity contribution in [3.63, 3.8) is 0 Å². The van der Waals surface area contributed by atoms with Gasteiger partial charge in [0.1, 0.15) is 0 Å². The van der Waals surface area contributed by atoms with Crippen molar-refractivity contribution in [1.82, 2.24) is 0 Å². The number of hydrogen-bond acceptors (Lipinski definition) is 0. The summed E-state index contributed by atoms with van der Waals surface area (Å²) < 4.78 is 0. The van der Waals surface area contributed by atoms with Crippen LogP contribution in [0.15, 0.2) is 24.3 Å². The molecule has 1 rings (SSSR count). The first kappa shape index (κ1) is 6.60. The maximum atomic E-state index is 2.30. The van der Waals surface area contributed by atoms with Crippen LogP contribution < -0.4 is 0 Å². The summed E-state index contributed by atoms with van der Waals surface area (Å²) in [5, 5.41) is 0. The van der Waals surface area contributed by atoms with Gasteiger partial charge in [0.05, 0.1) is 0 Å². The van der Waals surface area contributed by atoms with Crippen LogP contribution in [0.2, 0.25) is 0 Å². The molecule has 0 N–H and O–H groups in total. The third kappa shape index (κ3) is 1.70. The van der Waals surface area contributed by atoms with Gasteiger partial charge in [-0.05, 0) is 18.3 Å². The first-order chi connectivity index (χ1) is 4.30. The van der Waals surface area contributed by atoms with Crippen LogP contribution in [0.4, 0.5) is 0 Å². The Kier molecular flexibility index (Phi) is 2.10. The zero-order valence-corrected chi connectivity index (χ0v) is 6.17. The SMILES string of the molecule is CC(C)C1C=CC=CC1. The first-order valence-corrected chi connectivity index (χ1v) is 3.64. The van der Waals surface area contributed by atoms with E-state index >= 15 is 0 Å². The molecular weight excluding hydrogens is 108 g/mol. The molecule has 0 radical (unpaired) electrons. The van der Waals surface area contributed by atoms with E-state index in [1.165, 1.54) is 6.42 Å². The minimum atomic E-state index is 0.787. The molecule has 1 aliphatic rings. The molecule has 9 heavy (non-hydrogen) atoms. The van der Waals surface area contributed by atoms with Crippen LogP contribution in [0.5, 0.6) is 0 Å². The van der Waals surface area contributed by atoms with Crippen LogP contribution in [0.1, 0.15) is 20.3 Å². The van der Waals surface area contributed by atoms with Crippen molar-refractivity contribution in [3.8, 4) is 0 Å². The third-order valence-electron chi connectivity index (χ3n) is 1.87. The lowest BCUT2D eigenvalue weighted by Gasteiger charge is -2.15. The van der Waals surface area contributed by atoms with Crippen molar-refractivity contribution in [2.45, 2.75) is 20.3 Å². The molecule has 0 aromatic carbocycles. The van der Waals surface area contributed by atoms with Gasteiger partial charge in [-0.1, -0.05) is 38.2 Å². The summed E-state index contributed by atoms with van der Waals surface area (Å²) in [6.07, 6.45) is 10.0. The topological polar surface area (TPSA) is 0 Å². The van der Waals surface area contributed by atoms with E-state index in [-0.39, 0.29) is 0 Å². The summed E-state index contributed by atoms with van der Waals surface area (Å²) in [4.78, 5) is 0. The van der Waals surface area contributed by atoms with Gasteiger partial charge >= 0.3 is 0 Å². The zero-order valence-electron chi connectivity index (χ0n) is 6.17. The summed E-state index contributed by atoms with van der Waals surface area (Å²) in [6.45, 7) is 4.54. The summed E-state index contributed by atoms with van der Waals surface area (Å²) >= 11 is 0. The van der Waals surface area contributed by atoms with E-state index < -0.39 is 0 Å². The molecule has 0 amide bonds. The van der Waals surface area contributed by atoms with E-state index in [0.29, 0.717) is 0 Å². The lowest BCUT2D eigenvalue weighted by Crippen LogP contribution is -2.05. The van der Waals surface area contributed by atoms with E-state index in [1.54, 1.807) is 0 Å². The average Bonchev–Trinajstić information content (AvgIpc) is 1.90. The predicted molar refractivity (Wildman–Crippen MR) is 41.2 cm³/mol. The van der Waals surface area contributed by atoms with Crippen molar-refractivity contribution >= 4 is 0 Å². The van der Waals surface area contributed by atoms with Gasteiger partial charge in [0.15, 0.2) is 0 Å². The van der Waals surface area contributed by atoms with Gasteiger partial charge in [-0.15, -0.1) is 0 Å². The molecule has 1 aliphatic carbocycles. The molecule has 0 heterocycles. The fourth-order valence-corrected chi connectivity index (χ4v) is 1.09. The van der Waals surface area contributed by atoms with Crippen LogP contribution in [-0.4, -0.2) is 0 Å². The van der Waals surface area contributed by atoms with Gasteiger partial charge in [0.25, 0.3) is 0 Å². The highest BCUT2D eigenvalue weighted by Crippen LogP contribution is 2.19.